The molecule has 0 N–H and O–H groups in total. The minimum atomic E-state index is -0.506. The lowest BCUT2D eigenvalue weighted by molar-refractivity contribution is -0.191. The predicted octanol–water partition coefficient (Wildman–Crippen LogP) is 8.19. The monoisotopic (exact) mass is 678 g/mol. The topological polar surface area (TPSA) is 108 Å². The van der Waals surface area contributed by atoms with Crippen LogP contribution in [0.2, 0.25) is 0 Å². The average Bonchev–Trinajstić information content (AvgIpc) is 3.16. The lowest BCUT2D eigenvalue weighted by Crippen LogP contribution is -2.24. The first-order valence-electron chi connectivity index (χ1n) is 16.9. The van der Waals surface area contributed by atoms with Gasteiger partial charge < -0.3 is 37.9 Å². The number of rotatable bonds is 12. The van der Waals surface area contributed by atoms with Crippen molar-refractivity contribution in [3.63, 3.8) is 0 Å². The maximum Gasteiger partial charge on any atom is 0.343 e. The molecule has 5 aromatic rings. The minimum absolute atomic E-state index is 0.104. The Kier molecular flexibility index (Phi) is 10.8. The summed E-state index contributed by atoms with van der Waals surface area (Å²) in [6.07, 6.45) is 5.61. The quantitative estimate of drug-likeness (QED) is 0.0728. The van der Waals surface area contributed by atoms with Gasteiger partial charge in [-0.25, -0.2) is 9.59 Å². The van der Waals surface area contributed by atoms with Crippen LogP contribution in [0.1, 0.15) is 59.2 Å². The molecule has 50 heavy (non-hydrogen) atoms. The molecule has 0 bridgehead atoms. The summed E-state index contributed by atoms with van der Waals surface area (Å²) >= 11 is 0. The van der Waals surface area contributed by atoms with E-state index in [2.05, 4.69) is 0 Å². The number of hydrogen-bond donors (Lipinski definition) is 0. The SMILES string of the molecule is O=C(Oc1ccc(OC(=O)c2ccc3cc(OCOC4CCCCO4)ccc3c2)cc1)c1ccc2cc(OCOC3CCCCO3)ccc2c1. The van der Waals surface area contributed by atoms with Crippen molar-refractivity contribution < 1.29 is 47.5 Å². The maximum atomic E-state index is 12.9. The third kappa shape index (κ3) is 8.77. The van der Waals surface area contributed by atoms with E-state index in [-0.39, 0.29) is 26.2 Å². The van der Waals surface area contributed by atoms with Gasteiger partial charge in [-0.15, -0.1) is 0 Å². The Morgan fingerprint density at radius 2 is 0.900 bits per heavy atom. The van der Waals surface area contributed by atoms with E-state index in [4.69, 9.17) is 37.9 Å². The van der Waals surface area contributed by atoms with Gasteiger partial charge in [-0.1, -0.05) is 24.3 Å². The molecule has 10 heteroatoms. The van der Waals surface area contributed by atoms with Gasteiger partial charge in [0.05, 0.1) is 11.1 Å². The molecule has 0 amide bonds. The van der Waals surface area contributed by atoms with Crippen LogP contribution in [-0.4, -0.2) is 51.3 Å². The summed E-state index contributed by atoms with van der Waals surface area (Å²) < 4.78 is 45.1. The Hall–Kier alpha value is -5.00. The Morgan fingerprint density at radius 1 is 0.500 bits per heavy atom. The van der Waals surface area contributed by atoms with Gasteiger partial charge in [0, 0.05) is 13.2 Å². The Labute approximate surface area is 289 Å². The fraction of sp³-hybridized carbons (Fsp3) is 0.300. The number of hydrogen-bond acceptors (Lipinski definition) is 10. The van der Waals surface area contributed by atoms with Crippen LogP contribution in [0.5, 0.6) is 23.0 Å². The zero-order valence-corrected chi connectivity index (χ0v) is 27.5. The molecule has 2 saturated heterocycles. The van der Waals surface area contributed by atoms with E-state index in [1.54, 1.807) is 48.5 Å². The van der Waals surface area contributed by atoms with Crippen molar-refractivity contribution in [2.45, 2.75) is 51.1 Å². The molecule has 0 aromatic heterocycles. The molecule has 2 atom stereocenters. The van der Waals surface area contributed by atoms with Crippen LogP contribution in [0.3, 0.4) is 0 Å². The van der Waals surface area contributed by atoms with Crippen molar-refractivity contribution in [3.05, 3.63) is 108 Å². The number of esters is 2. The third-order valence-electron chi connectivity index (χ3n) is 8.57. The number of carbonyl (C=O) groups excluding carboxylic acids is 2. The fourth-order valence-corrected chi connectivity index (χ4v) is 5.83. The molecule has 2 aliphatic heterocycles. The molecular weight excluding hydrogens is 640 g/mol. The third-order valence-corrected chi connectivity index (χ3v) is 8.57. The minimum Gasteiger partial charge on any atom is -0.467 e. The van der Waals surface area contributed by atoms with Crippen LogP contribution in [0, 0.1) is 0 Å². The van der Waals surface area contributed by atoms with Crippen LogP contribution < -0.4 is 18.9 Å². The summed E-state index contributed by atoms with van der Waals surface area (Å²) in [5.74, 6) is 0.955. The van der Waals surface area contributed by atoms with Crippen molar-refractivity contribution in [2.75, 3.05) is 26.8 Å². The van der Waals surface area contributed by atoms with Crippen LogP contribution in [0.25, 0.3) is 21.5 Å². The van der Waals surface area contributed by atoms with E-state index in [9.17, 15) is 9.59 Å². The van der Waals surface area contributed by atoms with Crippen molar-refractivity contribution in [1.82, 2.24) is 0 Å². The predicted molar refractivity (Wildman–Crippen MR) is 185 cm³/mol. The molecule has 2 fully saturated rings. The van der Waals surface area contributed by atoms with Gasteiger partial charge >= 0.3 is 11.9 Å². The highest BCUT2D eigenvalue weighted by Gasteiger charge is 2.16. The van der Waals surface area contributed by atoms with Gasteiger partial charge in [-0.2, -0.15) is 0 Å². The molecule has 0 saturated carbocycles. The van der Waals surface area contributed by atoms with Crippen molar-refractivity contribution in [2.24, 2.45) is 0 Å². The van der Waals surface area contributed by atoms with Crippen LogP contribution in [-0.2, 0) is 18.9 Å². The van der Waals surface area contributed by atoms with Gasteiger partial charge in [0.2, 0.25) is 0 Å². The second-order valence-corrected chi connectivity index (χ2v) is 12.1. The first-order valence-corrected chi connectivity index (χ1v) is 16.9. The van der Waals surface area contributed by atoms with E-state index in [0.717, 1.165) is 60.1 Å². The van der Waals surface area contributed by atoms with E-state index >= 15 is 0 Å². The van der Waals surface area contributed by atoms with E-state index in [1.807, 2.05) is 48.5 Å². The maximum absolute atomic E-state index is 12.9. The fourth-order valence-electron chi connectivity index (χ4n) is 5.83. The first-order chi connectivity index (χ1) is 24.6. The van der Waals surface area contributed by atoms with E-state index in [0.29, 0.717) is 47.3 Å². The Morgan fingerprint density at radius 3 is 1.32 bits per heavy atom. The number of benzene rings is 5. The van der Waals surface area contributed by atoms with Crippen molar-refractivity contribution >= 4 is 33.5 Å². The second-order valence-electron chi connectivity index (χ2n) is 12.1. The molecule has 10 nitrogen and oxygen atoms in total. The number of fused-ring (bicyclic) bond motifs is 2. The molecule has 2 heterocycles. The molecule has 7 rings (SSSR count). The lowest BCUT2D eigenvalue weighted by atomic mass is 10.1. The molecule has 258 valence electrons. The van der Waals surface area contributed by atoms with Gasteiger partial charge in [0.15, 0.2) is 26.2 Å². The zero-order chi connectivity index (χ0) is 34.1. The van der Waals surface area contributed by atoms with Crippen LogP contribution in [0.15, 0.2) is 97.1 Å². The largest absolute Gasteiger partial charge is 0.467 e. The molecule has 0 radical (unpaired) electrons. The van der Waals surface area contributed by atoms with Gasteiger partial charge in [0.25, 0.3) is 0 Å². The summed E-state index contributed by atoms with van der Waals surface area (Å²) in [4.78, 5) is 25.9. The lowest BCUT2D eigenvalue weighted by Gasteiger charge is -2.22. The highest BCUT2D eigenvalue weighted by molar-refractivity contribution is 5.97. The normalized spacial score (nSPS) is 17.7. The Balaban J connectivity index is 0.895. The average molecular weight is 679 g/mol. The summed E-state index contributed by atoms with van der Waals surface area (Å²) in [6, 6.07) is 28.2. The molecular formula is C40H38O10. The summed E-state index contributed by atoms with van der Waals surface area (Å²) in [6.45, 7) is 1.64. The summed E-state index contributed by atoms with van der Waals surface area (Å²) in [5, 5.41) is 3.55. The van der Waals surface area contributed by atoms with Crippen LogP contribution >= 0.6 is 0 Å². The van der Waals surface area contributed by atoms with Gasteiger partial charge in [-0.3, -0.25) is 0 Å². The zero-order valence-electron chi connectivity index (χ0n) is 27.5. The molecule has 0 spiro atoms. The van der Waals surface area contributed by atoms with Crippen LogP contribution in [0.4, 0.5) is 0 Å². The number of ether oxygens (including phenoxy) is 8. The highest BCUT2D eigenvalue weighted by atomic mass is 16.8. The number of carbonyl (C=O) groups is 2. The van der Waals surface area contributed by atoms with Crippen molar-refractivity contribution in [1.29, 1.82) is 0 Å². The van der Waals surface area contributed by atoms with E-state index < -0.39 is 11.9 Å². The second kappa shape index (κ2) is 16.1. The van der Waals surface area contributed by atoms with Gasteiger partial charge in [-0.05, 0) is 133 Å². The summed E-state index contributed by atoms with van der Waals surface area (Å²) in [5.41, 5.74) is 0.800. The van der Waals surface area contributed by atoms with E-state index in [1.165, 1.54) is 0 Å². The smallest absolute Gasteiger partial charge is 0.343 e. The van der Waals surface area contributed by atoms with Gasteiger partial charge in [0.1, 0.15) is 23.0 Å². The standard InChI is InChI=1S/C40H38O10/c41-39(31-9-7-29-23-35(13-11-27(29)21-31)45-25-47-37-5-1-3-19-43-37)49-33-15-17-34(18-16-33)50-40(42)32-10-8-30-24-36(14-12-28(30)22-32)46-26-48-38-6-2-4-20-44-38/h7-18,21-24,37-38H,1-6,19-20,25-26H2. The highest BCUT2D eigenvalue weighted by Crippen LogP contribution is 2.26. The Bertz CT molecular complexity index is 1790. The molecule has 2 unspecified atom stereocenters. The molecule has 5 aromatic carbocycles. The molecule has 0 aliphatic carbocycles. The van der Waals surface area contributed by atoms with Crippen molar-refractivity contribution in [3.8, 4) is 23.0 Å². The summed E-state index contributed by atoms with van der Waals surface area (Å²) in [7, 11) is 0. The molecule has 2 aliphatic rings. The first kappa shape index (κ1) is 33.5.